The second-order valence-corrected chi connectivity index (χ2v) is 32.1. The molecule has 0 saturated carbocycles. The lowest BCUT2D eigenvalue weighted by Crippen LogP contribution is -2.30. The minimum atomic E-state index is -4.96. The van der Waals surface area contributed by atoms with Crippen LogP contribution < -0.4 is 0 Å². The molecule has 0 spiro atoms. The highest BCUT2D eigenvalue weighted by molar-refractivity contribution is 7.47. The summed E-state index contributed by atoms with van der Waals surface area (Å²) < 4.78 is 68.7. The molecule has 19 heteroatoms. The lowest BCUT2D eigenvalue weighted by molar-refractivity contribution is -0.161. The Morgan fingerprint density at radius 2 is 0.520 bits per heavy atom. The first kappa shape index (κ1) is 96.1. The number of aliphatic hydroxyl groups is 1. The Bertz CT molecular complexity index is 1890. The van der Waals surface area contributed by atoms with Crippen LogP contribution in [0, 0.1) is 11.8 Å². The van der Waals surface area contributed by atoms with Gasteiger partial charge in [0.25, 0.3) is 0 Å². The Balaban J connectivity index is 5.25. The van der Waals surface area contributed by atoms with Crippen LogP contribution in [0.1, 0.15) is 414 Å². The summed E-state index contributed by atoms with van der Waals surface area (Å²) in [7, 11) is -9.92. The van der Waals surface area contributed by atoms with Gasteiger partial charge < -0.3 is 33.8 Å². The predicted molar refractivity (Wildman–Crippen MR) is 400 cm³/mol. The van der Waals surface area contributed by atoms with Crippen LogP contribution in [-0.4, -0.2) is 96.7 Å². The number of aliphatic hydroxyl groups excluding tert-OH is 1. The van der Waals surface area contributed by atoms with Crippen molar-refractivity contribution in [2.45, 2.75) is 432 Å². The summed E-state index contributed by atoms with van der Waals surface area (Å²) in [5, 5.41) is 10.6. The molecule has 0 fully saturated rings. The van der Waals surface area contributed by atoms with Gasteiger partial charge in [0, 0.05) is 25.7 Å². The molecule has 0 aliphatic heterocycles. The molecule has 0 aromatic rings. The predicted octanol–water partition coefficient (Wildman–Crippen LogP) is 23.5. The molecule has 3 N–H and O–H groups in total. The third-order valence-corrected chi connectivity index (χ3v) is 20.7. The van der Waals surface area contributed by atoms with Gasteiger partial charge >= 0.3 is 39.5 Å². The van der Waals surface area contributed by atoms with E-state index in [9.17, 15) is 43.2 Å². The third-order valence-electron chi connectivity index (χ3n) is 18.8. The fourth-order valence-corrected chi connectivity index (χ4v) is 13.7. The largest absolute Gasteiger partial charge is 0.472 e. The van der Waals surface area contributed by atoms with Crippen LogP contribution in [0.4, 0.5) is 0 Å². The van der Waals surface area contributed by atoms with Crippen LogP contribution >= 0.6 is 15.6 Å². The third kappa shape index (κ3) is 71.1. The number of hydrogen-bond donors (Lipinski definition) is 3. The van der Waals surface area contributed by atoms with Crippen molar-refractivity contribution in [2.24, 2.45) is 11.8 Å². The molecule has 0 aromatic heterocycles. The van der Waals surface area contributed by atoms with Gasteiger partial charge in [-0.25, -0.2) is 9.13 Å². The molecule has 582 valence electrons. The van der Waals surface area contributed by atoms with Crippen molar-refractivity contribution in [2.75, 3.05) is 39.6 Å². The molecule has 0 amide bonds. The van der Waals surface area contributed by atoms with Crippen LogP contribution in [0.25, 0.3) is 0 Å². The molecule has 0 aliphatic carbocycles. The van der Waals surface area contributed by atoms with Crippen molar-refractivity contribution >= 4 is 39.5 Å². The van der Waals surface area contributed by atoms with E-state index in [4.69, 9.17) is 37.0 Å². The summed E-state index contributed by atoms with van der Waals surface area (Å²) in [6.45, 7) is 9.61. The number of phosphoric ester groups is 2. The summed E-state index contributed by atoms with van der Waals surface area (Å²) in [4.78, 5) is 72.9. The van der Waals surface area contributed by atoms with E-state index in [1.807, 2.05) is 0 Å². The van der Waals surface area contributed by atoms with E-state index in [1.54, 1.807) is 0 Å². The summed E-state index contributed by atoms with van der Waals surface area (Å²) in [5.41, 5.74) is 0. The molecule has 0 bridgehead atoms. The Kier molecular flexibility index (Phi) is 69.3. The minimum absolute atomic E-state index is 0.107. The molecule has 3 unspecified atom stereocenters. The zero-order valence-electron chi connectivity index (χ0n) is 64.1. The van der Waals surface area contributed by atoms with Crippen molar-refractivity contribution in [3.05, 3.63) is 0 Å². The normalized spacial score (nSPS) is 14.2. The highest BCUT2D eigenvalue weighted by Crippen LogP contribution is 2.45. The number of carbonyl (C=O) groups is 4. The maximum absolute atomic E-state index is 13.1. The Labute approximate surface area is 600 Å². The highest BCUT2D eigenvalue weighted by Gasteiger charge is 2.30. The molecule has 0 saturated heterocycles. The summed E-state index contributed by atoms with van der Waals surface area (Å²) in [5.74, 6) is -0.588. The quantitative estimate of drug-likeness (QED) is 0.0222. The van der Waals surface area contributed by atoms with Crippen molar-refractivity contribution < 1.29 is 80.2 Å². The Morgan fingerprint density at radius 3 is 0.776 bits per heavy atom. The molecular weight excluding hydrogens is 1280 g/mol. The van der Waals surface area contributed by atoms with Crippen LogP contribution in [0.15, 0.2) is 0 Å². The number of phosphoric acid groups is 2. The topological polar surface area (TPSA) is 237 Å². The second-order valence-electron chi connectivity index (χ2n) is 29.2. The minimum Gasteiger partial charge on any atom is -0.462 e. The molecule has 0 rings (SSSR count). The SMILES string of the molecule is CCCCCCCCCCCCCCCCCCCCC(=O)O[C@H](COC(=O)CCCCCCCCCCCCCCCC(C)C)COP(=O)(O)OC[C@@H](O)COP(=O)(O)OC[C@@H](COC(=O)CCCCCCCCC(C)CC)OC(=O)CCCCCCCCCCCCCCCC. The lowest BCUT2D eigenvalue weighted by Gasteiger charge is -2.21. The smallest absolute Gasteiger partial charge is 0.462 e. The summed E-state index contributed by atoms with van der Waals surface area (Å²) in [6.07, 6.45) is 59.6. The summed E-state index contributed by atoms with van der Waals surface area (Å²) in [6, 6.07) is 0. The van der Waals surface area contributed by atoms with Crippen molar-refractivity contribution in [3.63, 3.8) is 0 Å². The molecule has 0 aromatic carbocycles. The van der Waals surface area contributed by atoms with E-state index in [1.165, 1.54) is 225 Å². The highest BCUT2D eigenvalue weighted by atomic mass is 31.2. The number of rotatable bonds is 78. The number of esters is 4. The fourth-order valence-electron chi connectivity index (χ4n) is 12.2. The van der Waals surface area contributed by atoms with Crippen LogP contribution in [0.2, 0.25) is 0 Å². The average molecular weight is 1440 g/mol. The van der Waals surface area contributed by atoms with Crippen LogP contribution in [0.5, 0.6) is 0 Å². The summed E-state index contributed by atoms with van der Waals surface area (Å²) >= 11 is 0. The maximum Gasteiger partial charge on any atom is 0.472 e. The molecule has 98 heavy (non-hydrogen) atoms. The van der Waals surface area contributed by atoms with Gasteiger partial charge in [-0.3, -0.25) is 37.3 Å². The average Bonchev–Trinajstić information content (AvgIpc) is 1.25. The first-order valence-corrected chi connectivity index (χ1v) is 44.0. The van der Waals surface area contributed by atoms with Gasteiger partial charge in [0.05, 0.1) is 26.4 Å². The van der Waals surface area contributed by atoms with Crippen molar-refractivity contribution in [3.8, 4) is 0 Å². The monoisotopic (exact) mass is 1440 g/mol. The van der Waals surface area contributed by atoms with Crippen LogP contribution in [0.3, 0.4) is 0 Å². The lowest BCUT2D eigenvalue weighted by atomic mass is 10.00. The maximum atomic E-state index is 13.1. The molecular formula is C79H154O17P2. The van der Waals surface area contributed by atoms with Gasteiger partial charge in [-0.05, 0) is 37.5 Å². The van der Waals surface area contributed by atoms with E-state index in [2.05, 4.69) is 41.5 Å². The van der Waals surface area contributed by atoms with Gasteiger partial charge in [0.15, 0.2) is 12.2 Å². The van der Waals surface area contributed by atoms with Crippen molar-refractivity contribution in [1.82, 2.24) is 0 Å². The first-order valence-electron chi connectivity index (χ1n) is 41.0. The molecule has 0 aliphatic rings. The molecule has 6 atom stereocenters. The van der Waals surface area contributed by atoms with E-state index < -0.39 is 97.5 Å². The van der Waals surface area contributed by atoms with E-state index in [-0.39, 0.29) is 25.7 Å². The Hall–Kier alpha value is -1.94. The first-order chi connectivity index (χ1) is 47.4. The van der Waals surface area contributed by atoms with E-state index >= 15 is 0 Å². The van der Waals surface area contributed by atoms with Gasteiger partial charge in [0.2, 0.25) is 0 Å². The standard InChI is InChI=1S/C79H154O17P2/c1-7-10-12-14-16-18-20-22-24-25-26-27-31-36-40-44-52-58-64-78(83)95-74(67-89-76(81)61-55-49-42-38-34-32-28-29-33-37-41-47-53-59-71(4)5)69-93-97(85,86)91-65-73(80)66-92-98(87,88)94-70-75(68-90-77(82)62-56-50-46-45-48-54-60-72(6)9-3)96-79(84)63-57-51-43-39-35-30-23-21-19-17-15-13-11-8-2/h71-75,80H,7-70H2,1-6H3,(H,85,86)(H,87,88)/t72?,73-,74-,75-/m1/s1. The number of ether oxygens (including phenoxy) is 4. The molecule has 17 nitrogen and oxygen atoms in total. The Morgan fingerprint density at radius 1 is 0.296 bits per heavy atom. The van der Waals surface area contributed by atoms with Crippen molar-refractivity contribution in [1.29, 1.82) is 0 Å². The van der Waals surface area contributed by atoms with Gasteiger partial charge in [0.1, 0.15) is 19.3 Å². The second kappa shape index (κ2) is 70.7. The number of carbonyl (C=O) groups excluding carboxylic acids is 4. The zero-order valence-corrected chi connectivity index (χ0v) is 65.9. The molecule has 0 radical (unpaired) electrons. The van der Waals surface area contributed by atoms with Gasteiger partial charge in [-0.1, -0.05) is 363 Å². The fraction of sp³-hybridized carbons (Fsp3) is 0.949. The van der Waals surface area contributed by atoms with Gasteiger partial charge in [-0.15, -0.1) is 0 Å². The van der Waals surface area contributed by atoms with Crippen LogP contribution in [-0.2, 0) is 65.4 Å². The van der Waals surface area contributed by atoms with E-state index in [0.29, 0.717) is 25.7 Å². The number of unbranched alkanes of at least 4 members (excludes halogenated alkanes) is 47. The number of hydrogen-bond acceptors (Lipinski definition) is 15. The zero-order chi connectivity index (χ0) is 72.1. The van der Waals surface area contributed by atoms with E-state index in [0.717, 1.165) is 108 Å². The van der Waals surface area contributed by atoms with Gasteiger partial charge in [-0.2, -0.15) is 0 Å². The molecule has 0 heterocycles.